The maximum atomic E-state index is 11.3. The zero-order valence-electron chi connectivity index (χ0n) is 9.30. The minimum absolute atomic E-state index is 0.175. The highest BCUT2D eigenvalue weighted by Gasteiger charge is 1.97. The standard InChI is InChI=1S/C11H12N4OS/c1-2-8-6-10(16)14-11(13-8)15-12-7-9-4-3-5-17-9/h3-7H,2H2,1H3,(H2,13,14,15,16)/b12-7-. The molecule has 0 amide bonds. The molecule has 0 aliphatic carbocycles. The van der Waals surface area contributed by atoms with Gasteiger partial charge in [-0.05, 0) is 17.9 Å². The van der Waals surface area contributed by atoms with Crippen molar-refractivity contribution in [1.82, 2.24) is 9.97 Å². The van der Waals surface area contributed by atoms with Crippen molar-refractivity contribution in [1.29, 1.82) is 0 Å². The Morgan fingerprint density at radius 2 is 2.53 bits per heavy atom. The highest BCUT2D eigenvalue weighted by atomic mass is 32.1. The molecule has 0 aliphatic heterocycles. The van der Waals surface area contributed by atoms with Gasteiger partial charge in [-0.2, -0.15) is 5.10 Å². The summed E-state index contributed by atoms with van der Waals surface area (Å²) in [7, 11) is 0. The first kappa shape index (κ1) is 11.5. The van der Waals surface area contributed by atoms with E-state index in [0.29, 0.717) is 12.4 Å². The Balaban J connectivity index is 2.08. The lowest BCUT2D eigenvalue weighted by molar-refractivity contribution is 0.974. The monoisotopic (exact) mass is 248 g/mol. The molecule has 0 unspecified atom stereocenters. The Kier molecular flexibility index (Phi) is 3.66. The summed E-state index contributed by atoms with van der Waals surface area (Å²) in [5, 5.41) is 5.97. The molecular formula is C11H12N4OS. The first-order valence-electron chi connectivity index (χ1n) is 5.20. The van der Waals surface area contributed by atoms with E-state index in [-0.39, 0.29) is 5.56 Å². The molecule has 0 spiro atoms. The van der Waals surface area contributed by atoms with Crippen LogP contribution in [0.5, 0.6) is 0 Å². The Bertz CT molecular complexity index is 559. The lowest BCUT2D eigenvalue weighted by Gasteiger charge is -2.00. The molecule has 2 rings (SSSR count). The van der Waals surface area contributed by atoms with Gasteiger partial charge in [-0.3, -0.25) is 9.78 Å². The molecule has 17 heavy (non-hydrogen) atoms. The van der Waals surface area contributed by atoms with Gasteiger partial charge >= 0.3 is 0 Å². The second-order valence-electron chi connectivity index (χ2n) is 3.32. The van der Waals surface area contributed by atoms with Crippen molar-refractivity contribution in [3.63, 3.8) is 0 Å². The summed E-state index contributed by atoms with van der Waals surface area (Å²) in [5.74, 6) is 0.363. The zero-order valence-corrected chi connectivity index (χ0v) is 10.1. The van der Waals surface area contributed by atoms with Gasteiger partial charge in [0.1, 0.15) is 0 Å². The fourth-order valence-corrected chi connectivity index (χ4v) is 1.85. The number of anilines is 1. The highest BCUT2D eigenvalue weighted by Crippen LogP contribution is 2.05. The third-order valence-electron chi connectivity index (χ3n) is 2.06. The van der Waals surface area contributed by atoms with E-state index in [1.54, 1.807) is 17.6 Å². The maximum Gasteiger partial charge on any atom is 0.252 e. The Labute approximate surface area is 102 Å². The number of H-pyrrole nitrogens is 1. The van der Waals surface area contributed by atoms with Crippen molar-refractivity contribution >= 4 is 23.5 Å². The summed E-state index contributed by atoms with van der Waals surface area (Å²) in [6, 6.07) is 5.38. The van der Waals surface area contributed by atoms with Crippen LogP contribution in [0.3, 0.4) is 0 Å². The molecule has 0 aromatic carbocycles. The fourth-order valence-electron chi connectivity index (χ4n) is 1.26. The lowest BCUT2D eigenvalue weighted by atomic mass is 10.3. The molecule has 5 nitrogen and oxygen atoms in total. The average Bonchev–Trinajstić information content (AvgIpc) is 2.81. The van der Waals surface area contributed by atoms with Gasteiger partial charge in [-0.15, -0.1) is 11.3 Å². The highest BCUT2D eigenvalue weighted by molar-refractivity contribution is 7.11. The van der Waals surface area contributed by atoms with Crippen LogP contribution in [0.4, 0.5) is 5.95 Å². The minimum atomic E-state index is -0.175. The van der Waals surface area contributed by atoms with Crippen molar-refractivity contribution in [3.8, 4) is 0 Å². The quantitative estimate of drug-likeness (QED) is 0.640. The molecule has 2 aromatic heterocycles. The molecule has 0 atom stereocenters. The van der Waals surface area contributed by atoms with Crippen LogP contribution < -0.4 is 11.0 Å². The van der Waals surface area contributed by atoms with Crippen LogP contribution in [0, 0.1) is 0 Å². The Morgan fingerprint density at radius 3 is 3.24 bits per heavy atom. The predicted molar refractivity (Wildman–Crippen MR) is 69.8 cm³/mol. The molecule has 0 bridgehead atoms. The number of hydrogen-bond donors (Lipinski definition) is 2. The van der Waals surface area contributed by atoms with E-state index in [1.807, 2.05) is 24.4 Å². The van der Waals surface area contributed by atoms with Crippen LogP contribution in [0.1, 0.15) is 17.5 Å². The van der Waals surface area contributed by atoms with Crippen LogP contribution in [0.25, 0.3) is 0 Å². The molecule has 0 fully saturated rings. The van der Waals surface area contributed by atoms with Crippen molar-refractivity contribution in [3.05, 3.63) is 44.5 Å². The summed E-state index contributed by atoms with van der Waals surface area (Å²) in [5.41, 5.74) is 3.27. The van der Waals surface area contributed by atoms with E-state index in [2.05, 4.69) is 20.5 Å². The van der Waals surface area contributed by atoms with E-state index in [1.165, 1.54) is 6.07 Å². The molecule has 2 heterocycles. The number of aromatic amines is 1. The van der Waals surface area contributed by atoms with Crippen molar-refractivity contribution in [2.24, 2.45) is 5.10 Å². The molecular weight excluding hydrogens is 236 g/mol. The van der Waals surface area contributed by atoms with Gasteiger partial charge in [-0.1, -0.05) is 13.0 Å². The molecule has 0 saturated carbocycles. The third-order valence-corrected chi connectivity index (χ3v) is 2.87. The Hall–Kier alpha value is -1.95. The number of hydrazone groups is 1. The van der Waals surface area contributed by atoms with E-state index in [4.69, 9.17) is 0 Å². The number of aryl methyl sites for hydroxylation is 1. The molecule has 0 radical (unpaired) electrons. The number of aromatic nitrogens is 2. The molecule has 0 aliphatic rings. The number of thiophene rings is 1. The van der Waals surface area contributed by atoms with Crippen LogP contribution in [0.15, 0.2) is 33.5 Å². The van der Waals surface area contributed by atoms with E-state index in [9.17, 15) is 4.79 Å². The molecule has 2 aromatic rings. The SMILES string of the molecule is CCc1cc(=O)[nH]c(N/N=C\c2cccs2)n1. The summed E-state index contributed by atoms with van der Waals surface area (Å²) >= 11 is 1.59. The topological polar surface area (TPSA) is 70.1 Å². The van der Waals surface area contributed by atoms with Gasteiger partial charge in [0.2, 0.25) is 5.95 Å². The van der Waals surface area contributed by atoms with Gasteiger partial charge in [0.05, 0.1) is 6.21 Å². The van der Waals surface area contributed by atoms with E-state index in [0.717, 1.165) is 10.6 Å². The van der Waals surface area contributed by atoms with Crippen LogP contribution >= 0.6 is 11.3 Å². The number of hydrogen-bond acceptors (Lipinski definition) is 5. The van der Waals surface area contributed by atoms with Crippen LogP contribution in [-0.2, 0) is 6.42 Å². The summed E-state index contributed by atoms with van der Waals surface area (Å²) in [6.45, 7) is 1.94. The number of nitrogens with zero attached hydrogens (tertiary/aromatic N) is 2. The first-order valence-corrected chi connectivity index (χ1v) is 6.08. The maximum absolute atomic E-state index is 11.3. The second kappa shape index (κ2) is 5.40. The van der Waals surface area contributed by atoms with Gasteiger partial charge in [0, 0.05) is 16.6 Å². The van der Waals surface area contributed by atoms with Crippen LogP contribution in [0.2, 0.25) is 0 Å². The predicted octanol–water partition coefficient (Wildman–Crippen LogP) is 1.84. The zero-order chi connectivity index (χ0) is 12.1. The van der Waals surface area contributed by atoms with Crippen molar-refractivity contribution in [2.75, 3.05) is 5.43 Å². The van der Waals surface area contributed by atoms with E-state index >= 15 is 0 Å². The van der Waals surface area contributed by atoms with E-state index < -0.39 is 0 Å². The fraction of sp³-hybridized carbons (Fsp3) is 0.182. The smallest absolute Gasteiger partial charge is 0.252 e. The normalized spacial score (nSPS) is 10.9. The molecule has 88 valence electrons. The average molecular weight is 248 g/mol. The molecule has 6 heteroatoms. The van der Waals surface area contributed by atoms with Crippen molar-refractivity contribution < 1.29 is 0 Å². The van der Waals surface area contributed by atoms with Gasteiger partial charge in [0.25, 0.3) is 5.56 Å². The largest absolute Gasteiger partial charge is 0.291 e. The first-order chi connectivity index (χ1) is 8.28. The molecule has 2 N–H and O–H groups in total. The summed E-state index contributed by atoms with van der Waals surface area (Å²) < 4.78 is 0. The lowest BCUT2D eigenvalue weighted by Crippen LogP contribution is -2.11. The second-order valence-corrected chi connectivity index (χ2v) is 4.30. The van der Waals surface area contributed by atoms with Crippen LogP contribution in [-0.4, -0.2) is 16.2 Å². The van der Waals surface area contributed by atoms with Crippen molar-refractivity contribution in [2.45, 2.75) is 13.3 Å². The summed E-state index contributed by atoms with van der Waals surface area (Å²) in [6.07, 6.45) is 2.40. The number of nitrogens with one attached hydrogen (secondary N) is 2. The van der Waals surface area contributed by atoms with Gasteiger partial charge < -0.3 is 0 Å². The Morgan fingerprint density at radius 1 is 1.65 bits per heavy atom. The number of rotatable bonds is 4. The minimum Gasteiger partial charge on any atom is -0.291 e. The van der Waals surface area contributed by atoms with Gasteiger partial charge in [-0.25, -0.2) is 10.4 Å². The molecule has 0 saturated heterocycles. The third kappa shape index (κ3) is 3.25. The van der Waals surface area contributed by atoms with Gasteiger partial charge in [0.15, 0.2) is 0 Å². The summed E-state index contributed by atoms with van der Waals surface area (Å²) in [4.78, 5) is 19.1.